The van der Waals surface area contributed by atoms with Gasteiger partial charge in [-0.2, -0.15) is 5.26 Å². The molecule has 168 valence electrons. The molecule has 0 aliphatic carbocycles. The minimum absolute atomic E-state index is 0.172. The third-order valence-corrected chi connectivity index (χ3v) is 6.57. The largest absolute Gasteiger partial charge is 0.321 e. The summed E-state index contributed by atoms with van der Waals surface area (Å²) in [7, 11) is 0. The molecule has 0 aliphatic heterocycles. The van der Waals surface area contributed by atoms with Gasteiger partial charge in [-0.25, -0.2) is 0 Å². The molecule has 0 aliphatic rings. The second-order valence-electron chi connectivity index (χ2n) is 7.37. The van der Waals surface area contributed by atoms with Crippen molar-refractivity contribution in [1.29, 1.82) is 5.26 Å². The van der Waals surface area contributed by atoms with E-state index in [4.69, 9.17) is 23.2 Å². The molecule has 4 rings (SSSR count). The number of benzene rings is 3. The van der Waals surface area contributed by atoms with E-state index in [2.05, 4.69) is 5.32 Å². The summed E-state index contributed by atoms with van der Waals surface area (Å²) in [6.07, 6.45) is 1.63. The Morgan fingerprint density at radius 1 is 1.06 bits per heavy atom. The van der Waals surface area contributed by atoms with Gasteiger partial charge in [-0.15, -0.1) is 11.3 Å². The third-order valence-electron chi connectivity index (χ3n) is 4.92. The van der Waals surface area contributed by atoms with Gasteiger partial charge in [-0.1, -0.05) is 59.6 Å². The van der Waals surface area contributed by atoms with Crippen molar-refractivity contribution in [2.45, 2.75) is 6.92 Å². The predicted molar refractivity (Wildman–Crippen MR) is 138 cm³/mol. The Kier molecular flexibility index (Phi) is 6.99. The number of aromatic nitrogens is 1. The maximum atomic E-state index is 13.4. The summed E-state index contributed by atoms with van der Waals surface area (Å²) in [5.41, 5.74) is 2.12. The first-order valence-corrected chi connectivity index (χ1v) is 11.7. The van der Waals surface area contributed by atoms with E-state index in [1.165, 1.54) is 4.57 Å². The SMILES string of the molecule is Cc1cccc(NC(=O)C(C#N)=c2sc(=Cc3ccc(Cl)cc3Cl)c(=O)n2-c2ccccc2)c1. The standard InChI is InChI=1S/C26H17Cl2N3O2S/c1-16-6-5-7-19(12-16)30-24(32)21(15-29)26-31(20-8-3-2-4-9-20)25(33)23(34-26)13-17-10-11-18(27)14-22(17)28/h2-14H,1H3,(H,30,32). The number of hydrogen-bond acceptors (Lipinski definition) is 4. The molecule has 3 aromatic carbocycles. The van der Waals surface area contributed by atoms with Crippen molar-refractivity contribution in [3.8, 4) is 11.8 Å². The molecule has 0 atom stereocenters. The van der Waals surface area contributed by atoms with E-state index >= 15 is 0 Å². The number of para-hydroxylation sites is 1. The highest BCUT2D eigenvalue weighted by Gasteiger charge is 2.17. The predicted octanol–water partition coefficient (Wildman–Crippen LogP) is 4.66. The first-order valence-electron chi connectivity index (χ1n) is 10.1. The van der Waals surface area contributed by atoms with Crippen LogP contribution in [0.5, 0.6) is 0 Å². The summed E-state index contributed by atoms with van der Waals surface area (Å²) in [5, 5.41) is 13.5. The summed E-state index contributed by atoms with van der Waals surface area (Å²) in [4.78, 5) is 26.5. The van der Waals surface area contributed by atoms with E-state index in [1.54, 1.807) is 60.7 Å². The van der Waals surface area contributed by atoms with Gasteiger partial charge in [0.05, 0.1) is 10.2 Å². The van der Waals surface area contributed by atoms with Crippen molar-refractivity contribution < 1.29 is 4.79 Å². The van der Waals surface area contributed by atoms with Crippen LogP contribution in [0.4, 0.5) is 5.69 Å². The number of anilines is 1. The Balaban J connectivity index is 1.96. The second-order valence-corrected chi connectivity index (χ2v) is 9.24. The van der Waals surface area contributed by atoms with Gasteiger partial charge in [0.25, 0.3) is 11.5 Å². The Morgan fingerprint density at radius 3 is 2.50 bits per heavy atom. The Morgan fingerprint density at radius 2 is 1.82 bits per heavy atom. The Labute approximate surface area is 209 Å². The lowest BCUT2D eigenvalue weighted by atomic mass is 10.2. The van der Waals surface area contributed by atoms with Gasteiger partial charge in [0, 0.05) is 15.7 Å². The number of aryl methyl sites for hydroxylation is 1. The average molecular weight is 506 g/mol. The van der Waals surface area contributed by atoms with E-state index in [0.29, 0.717) is 31.5 Å². The lowest BCUT2D eigenvalue weighted by Gasteiger charge is -2.06. The van der Waals surface area contributed by atoms with Crippen LogP contribution in [0.15, 0.2) is 77.6 Å². The Hall–Kier alpha value is -3.63. The molecule has 34 heavy (non-hydrogen) atoms. The lowest BCUT2D eigenvalue weighted by Crippen LogP contribution is -2.32. The highest BCUT2D eigenvalue weighted by Crippen LogP contribution is 2.21. The molecule has 4 aromatic rings. The fraction of sp³-hybridized carbons (Fsp3) is 0.0385. The number of halogens is 2. The maximum Gasteiger partial charge on any atom is 0.273 e. The monoisotopic (exact) mass is 505 g/mol. The zero-order valence-corrected chi connectivity index (χ0v) is 20.2. The summed E-state index contributed by atoms with van der Waals surface area (Å²) < 4.78 is 1.91. The number of rotatable bonds is 4. The zero-order valence-electron chi connectivity index (χ0n) is 17.9. The number of nitrogens with zero attached hydrogens (tertiary/aromatic N) is 2. The van der Waals surface area contributed by atoms with Crippen LogP contribution < -0.4 is 20.1 Å². The topological polar surface area (TPSA) is 74.9 Å². The van der Waals surface area contributed by atoms with Crippen LogP contribution in [0.3, 0.4) is 0 Å². The molecular weight excluding hydrogens is 489 g/mol. The number of amides is 1. The fourth-order valence-corrected chi connectivity index (χ4v) is 4.89. The minimum Gasteiger partial charge on any atom is -0.321 e. The fourth-order valence-electron chi connectivity index (χ4n) is 3.33. The second kappa shape index (κ2) is 10.1. The van der Waals surface area contributed by atoms with Crippen molar-refractivity contribution in [3.05, 3.63) is 114 Å². The van der Waals surface area contributed by atoms with Crippen molar-refractivity contribution in [1.82, 2.24) is 4.57 Å². The van der Waals surface area contributed by atoms with Gasteiger partial charge < -0.3 is 5.32 Å². The van der Waals surface area contributed by atoms with Crippen LogP contribution >= 0.6 is 34.5 Å². The van der Waals surface area contributed by atoms with Gasteiger partial charge in [0.2, 0.25) is 0 Å². The van der Waals surface area contributed by atoms with Crippen LogP contribution in [0.25, 0.3) is 17.3 Å². The number of thiazole rings is 1. The molecule has 1 N–H and O–H groups in total. The van der Waals surface area contributed by atoms with Crippen LogP contribution in [-0.4, -0.2) is 10.5 Å². The number of carbonyl (C=O) groups is 1. The average Bonchev–Trinajstić information content (AvgIpc) is 3.12. The maximum absolute atomic E-state index is 13.4. The number of hydrogen-bond donors (Lipinski definition) is 1. The summed E-state index contributed by atoms with van der Waals surface area (Å²) in [6, 6.07) is 23.1. The van der Waals surface area contributed by atoms with Crippen molar-refractivity contribution >= 4 is 57.8 Å². The number of carbonyl (C=O) groups excluding carboxylic acids is 1. The molecule has 0 fully saturated rings. The van der Waals surface area contributed by atoms with Crippen LogP contribution in [0.2, 0.25) is 10.0 Å². The summed E-state index contributed by atoms with van der Waals surface area (Å²) in [6.45, 7) is 1.90. The molecule has 0 radical (unpaired) electrons. The summed E-state index contributed by atoms with van der Waals surface area (Å²) >= 11 is 13.3. The summed E-state index contributed by atoms with van der Waals surface area (Å²) in [5.74, 6) is -0.602. The van der Waals surface area contributed by atoms with E-state index in [1.807, 2.05) is 31.2 Å². The normalized spacial score (nSPS) is 12.2. The first kappa shape index (κ1) is 23.5. The minimum atomic E-state index is -0.602. The van der Waals surface area contributed by atoms with E-state index < -0.39 is 5.91 Å². The number of nitriles is 1. The van der Waals surface area contributed by atoms with E-state index in [0.717, 1.165) is 16.9 Å². The molecule has 1 heterocycles. The van der Waals surface area contributed by atoms with Crippen molar-refractivity contribution in [3.63, 3.8) is 0 Å². The zero-order chi connectivity index (χ0) is 24.2. The van der Waals surface area contributed by atoms with Gasteiger partial charge in [0.15, 0.2) is 5.57 Å². The molecule has 1 aromatic heterocycles. The van der Waals surface area contributed by atoms with Crippen molar-refractivity contribution in [2.75, 3.05) is 5.32 Å². The molecule has 0 saturated heterocycles. The molecule has 0 unspecified atom stereocenters. The molecule has 5 nitrogen and oxygen atoms in total. The lowest BCUT2D eigenvalue weighted by molar-refractivity contribution is -0.111. The van der Waals surface area contributed by atoms with Crippen molar-refractivity contribution in [2.24, 2.45) is 0 Å². The van der Waals surface area contributed by atoms with Gasteiger partial charge in [-0.05, 0) is 60.5 Å². The van der Waals surface area contributed by atoms with E-state index in [-0.39, 0.29) is 15.8 Å². The van der Waals surface area contributed by atoms with Crippen LogP contribution in [0.1, 0.15) is 11.1 Å². The van der Waals surface area contributed by atoms with Gasteiger partial charge in [-0.3, -0.25) is 14.2 Å². The van der Waals surface area contributed by atoms with Crippen LogP contribution in [0, 0.1) is 18.3 Å². The smallest absolute Gasteiger partial charge is 0.273 e. The Bertz CT molecular complexity index is 1620. The molecule has 8 heteroatoms. The first-order chi connectivity index (χ1) is 16.4. The molecular formula is C26H17Cl2N3O2S. The molecule has 1 amide bonds. The molecule has 0 saturated carbocycles. The van der Waals surface area contributed by atoms with Gasteiger partial charge >= 0.3 is 0 Å². The van der Waals surface area contributed by atoms with Crippen LogP contribution in [-0.2, 0) is 4.79 Å². The number of nitrogens with one attached hydrogen (secondary N) is 1. The van der Waals surface area contributed by atoms with E-state index in [9.17, 15) is 14.9 Å². The highest BCUT2D eigenvalue weighted by atomic mass is 35.5. The molecule has 0 bridgehead atoms. The quantitative estimate of drug-likeness (QED) is 0.438. The van der Waals surface area contributed by atoms with Gasteiger partial charge in [0.1, 0.15) is 10.7 Å². The molecule has 0 spiro atoms. The highest BCUT2D eigenvalue weighted by molar-refractivity contribution is 7.07. The third kappa shape index (κ3) is 4.97.